The predicted molar refractivity (Wildman–Crippen MR) is 134 cm³/mol. The predicted octanol–water partition coefficient (Wildman–Crippen LogP) is 7.03. The number of halogens is 1. The van der Waals surface area contributed by atoms with Gasteiger partial charge < -0.3 is 15.1 Å². The quantitative estimate of drug-likeness (QED) is 0.313. The van der Waals surface area contributed by atoms with E-state index in [9.17, 15) is 4.79 Å². The molecule has 1 atom stereocenters. The summed E-state index contributed by atoms with van der Waals surface area (Å²) in [7, 11) is 0. The van der Waals surface area contributed by atoms with Gasteiger partial charge in [-0.15, -0.1) is 11.3 Å². The molecule has 1 amide bonds. The summed E-state index contributed by atoms with van der Waals surface area (Å²) in [6, 6.07) is 15.0. The molecular formula is C26H24ClN3O2S. The van der Waals surface area contributed by atoms with E-state index in [1.54, 1.807) is 29.7 Å². The first-order valence-electron chi connectivity index (χ1n) is 11.0. The number of nitrogens with zero attached hydrogens (tertiary/aromatic N) is 1. The summed E-state index contributed by atoms with van der Waals surface area (Å²) >= 11 is 8.05. The number of rotatable bonds is 6. The van der Waals surface area contributed by atoms with Crippen molar-refractivity contribution < 1.29 is 9.21 Å². The maximum atomic E-state index is 12.9. The van der Waals surface area contributed by atoms with E-state index in [1.165, 1.54) is 16.7 Å². The second-order valence-electron chi connectivity index (χ2n) is 8.24. The maximum Gasteiger partial charge on any atom is 0.291 e. The average molecular weight is 478 g/mol. The van der Waals surface area contributed by atoms with Crippen LogP contribution in [-0.2, 0) is 12.8 Å². The van der Waals surface area contributed by atoms with Gasteiger partial charge >= 0.3 is 0 Å². The van der Waals surface area contributed by atoms with Crippen molar-refractivity contribution in [1.82, 2.24) is 4.98 Å². The van der Waals surface area contributed by atoms with Crippen LogP contribution in [-0.4, -0.2) is 10.9 Å². The molecule has 0 saturated heterocycles. The van der Waals surface area contributed by atoms with E-state index in [-0.39, 0.29) is 11.9 Å². The Morgan fingerprint density at radius 1 is 1.15 bits per heavy atom. The highest BCUT2D eigenvalue weighted by molar-refractivity contribution is 7.16. The molecule has 1 aliphatic carbocycles. The molecule has 3 heterocycles. The zero-order valence-corrected chi connectivity index (χ0v) is 19.8. The number of carbonyl (C=O) groups excluding carboxylic acids is 1. The molecule has 33 heavy (non-hydrogen) atoms. The summed E-state index contributed by atoms with van der Waals surface area (Å²) in [6.45, 7) is 2.04. The van der Waals surface area contributed by atoms with Crippen molar-refractivity contribution in [1.29, 1.82) is 0 Å². The van der Waals surface area contributed by atoms with Crippen LogP contribution in [0.15, 0.2) is 65.4 Å². The molecule has 0 saturated carbocycles. The fraction of sp³-hybridized carbons (Fsp3) is 0.231. The number of amides is 1. The van der Waals surface area contributed by atoms with Crippen molar-refractivity contribution in [2.24, 2.45) is 0 Å². The number of pyridine rings is 1. The average Bonchev–Trinajstić information content (AvgIpc) is 3.46. The van der Waals surface area contributed by atoms with Gasteiger partial charge in [-0.2, -0.15) is 0 Å². The summed E-state index contributed by atoms with van der Waals surface area (Å²) in [5, 5.41) is 8.26. The van der Waals surface area contributed by atoms with Crippen LogP contribution in [0, 0.1) is 6.92 Å². The highest BCUT2D eigenvalue weighted by atomic mass is 35.5. The van der Waals surface area contributed by atoms with Gasteiger partial charge in [-0.25, -0.2) is 4.98 Å². The number of furan rings is 1. The van der Waals surface area contributed by atoms with Gasteiger partial charge in [0.25, 0.3) is 5.91 Å². The normalized spacial score (nSPS) is 13.9. The van der Waals surface area contributed by atoms with Crippen LogP contribution in [0.4, 0.5) is 10.8 Å². The smallest absolute Gasteiger partial charge is 0.291 e. The Hall–Kier alpha value is -3.09. The number of fused-ring (bicyclic) bond motifs is 1. The van der Waals surface area contributed by atoms with E-state index in [2.05, 4.69) is 21.7 Å². The Balaban J connectivity index is 1.62. The molecule has 2 N–H and O–H groups in total. The zero-order chi connectivity index (χ0) is 22.8. The van der Waals surface area contributed by atoms with Gasteiger partial charge in [-0.05, 0) is 85.7 Å². The van der Waals surface area contributed by atoms with Crippen molar-refractivity contribution in [2.45, 2.75) is 38.6 Å². The summed E-state index contributed by atoms with van der Waals surface area (Å²) < 4.78 is 5.33. The molecule has 168 valence electrons. The molecular weight excluding hydrogens is 454 g/mol. The van der Waals surface area contributed by atoms with E-state index in [0.29, 0.717) is 10.8 Å². The molecule has 0 unspecified atom stereocenters. The first kappa shape index (κ1) is 21.7. The number of hydrogen-bond donors (Lipinski definition) is 2. The van der Waals surface area contributed by atoms with Crippen LogP contribution in [0.3, 0.4) is 0 Å². The molecule has 0 bridgehead atoms. The Labute approximate surface area is 201 Å². The van der Waals surface area contributed by atoms with Gasteiger partial charge in [0, 0.05) is 21.7 Å². The third-order valence-corrected chi connectivity index (χ3v) is 7.32. The molecule has 5 nitrogen and oxygen atoms in total. The van der Waals surface area contributed by atoms with Crippen LogP contribution in [0.25, 0.3) is 0 Å². The van der Waals surface area contributed by atoms with Gasteiger partial charge in [0.15, 0.2) is 5.76 Å². The summed E-state index contributed by atoms with van der Waals surface area (Å²) in [6.07, 6.45) is 7.61. The fourth-order valence-corrected chi connectivity index (χ4v) is 5.85. The van der Waals surface area contributed by atoms with E-state index in [0.717, 1.165) is 53.2 Å². The molecule has 0 fully saturated rings. The fourth-order valence-electron chi connectivity index (χ4n) is 4.33. The highest BCUT2D eigenvalue weighted by Gasteiger charge is 2.29. The first-order valence-corrected chi connectivity index (χ1v) is 12.2. The van der Waals surface area contributed by atoms with Gasteiger partial charge in [-0.1, -0.05) is 23.7 Å². The molecule has 7 heteroatoms. The standard InChI is InChI=1S/C26H24ClN3O2S/c1-16-11-12-28-22(14-16)29-24(17-6-4-7-18(27)15-17)23-19-8-2-3-10-21(19)33-26(23)30-25(31)20-9-5-13-32-20/h4-7,9,11-15,24H,2-3,8,10H2,1H3,(H,28,29)(H,30,31)/t24-/m1/s1. The first-order chi connectivity index (χ1) is 16.1. The van der Waals surface area contributed by atoms with E-state index < -0.39 is 0 Å². The number of thiophene rings is 1. The lowest BCUT2D eigenvalue weighted by molar-refractivity contribution is 0.0997. The highest BCUT2D eigenvalue weighted by Crippen LogP contribution is 2.44. The third kappa shape index (κ3) is 4.68. The number of benzene rings is 1. The largest absolute Gasteiger partial charge is 0.459 e. The summed E-state index contributed by atoms with van der Waals surface area (Å²) in [5.74, 6) is 0.817. The molecule has 1 aliphatic rings. The van der Waals surface area contributed by atoms with Crippen molar-refractivity contribution in [3.05, 3.63) is 98.9 Å². The van der Waals surface area contributed by atoms with Crippen molar-refractivity contribution in [3.8, 4) is 0 Å². The Bertz CT molecular complexity index is 1280. The lowest BCUT2D eigenvalue weighted by Gasteiger charge is -2.24. The minimum atomic E-state index is -0.252. The lowest BCUT2D eigenvalue weighted by Crippen LogP contribution is -2.19. The van der Waals surface area contributed by atoms with E-state index >= 15 is 0 Å². The molecule has 0 aliphatic heterocycles. The Morgan fingerprint density at radius 3 is 2.82 bits per heavy atom. The number of anilines is 2. The molecule has 4 aromatic rings. The lowest BCUT2D eigenvalue weighted by atomic mass is 9.89. The van der Waals surface area contributed by atoms with Gasteiger partial charge in [0.1, 0.15) is 10.8 Å². The Kier molecular flexibility index (Phi) is 6.20. The van der Waals surface area contributed by atoms with Crippen molar-refractivity contribution in [3.63, 3.8) is 0 Å². The zero-order valence-electron chi connectivity index (χ0n) is 18.2. The van der Waals surface area contributed by atoms with Crippen LogP contribution in [0.2, 0.25) is 5.02 Å². The minimum absolute atomic E-state index is 0.219. The summed E-state index contributed by atoms with van der Waals surface area (Å²) in [5.41, 5.74) is 4.54. The van der Waals surface area contributed by atoms with Crippen LogP contribution in [0.1, 0.15) is 56.6 Å². The topological polar surface area (TPSA) is 67.2 Å². The molecule has 5 rings (SSSR count). The van der Waals surface area contributed by atoms with Crippen LogP contribution < -0.4 is 10.6 Å². The van der Waals surface area contributed by atoms with Crippen LogP contribution in [0.5, 0.6) is 0 Å². The second kappa shape index (κ2) is 9.41. The number of carbonyl (C=O) groups is 1. The number of nitrogens with one attached hydrogen (secondary N) is 2. The van der Waals surface area contributed by atoms with Crippen molar-refractivity contribution in [2.75, 3.05) is 10.6 Å². The third-order valence-electron chi connectivity index (χ3n) is 5.86. The number of hydrogen-bond acceptors (Lipinski definition) is 5. The van der Waals surface area contributed by atoms with Gasteiger partial charge in [0.2, 0.25) is 0 Å². The molecule has 0 spiro atoms. The molecule has 0 radical (unpaired) electrons. The minimum Gasteiger partial charge on any atom is -0.459 e. The Morgan fingerprint density at radius 2 is 2.03 bits per heavy atom. The van der Waals surface area contributed by atoms with Gasteiger partial charge in [0.05, 0.1) is 12.3 Å². The maximum absolute atomic E-state index is 12.9. The molecule has 1 aromatic carbocycles. The SMILES string of the molecule is Cc1ccnc(N[C@H](c2cccc(Cl)c2)c2c(NC(=O)c3ccco3)sc3c2CCCC3)c1. The summed E-state index contributed by atoms with van der Waals surface area (Å²) in [4.78, 5) is 18.8. The van der Waals surface area contributed by atoms with Crippen molar-refractivity contribution >= 4 is 39.7 Å². The van der Waals surface area contributed by atoms with E-state index in [1.807, 2.05) is 37.3 Å². The number of aromatic nitrogens is 1. The van der Waals surface area contributed by atoms with Gasteiger partial charge in [-0.3, -0.25) is 4.79 Å². The van der Waals surface area contributed by atoms with Crippen LogP contribution >= 0.6 is 22.9 Å². The second-order valence-corrected chi connectivity index (χ2v) is 9.78. The number of aryl methyl sites for hydroxylation is 2. The monoisotopic (exact) mass is 477 g/mol. The molecule has 3 aromatic heterocycles. The van der Waals surface area contributed by atoms with E-state index in [4.69, 9.17) is 16.0 Å².